The quantitative estimate of drug-likeness (QED) is 0.305. The minimum absolute atomic E-state index is 1.05. The number of hydrogen-bond donors (Lipinski definition) is 0. The molecule has 0 aliphatic carbocycles. The van der Waals surface area contributed by atoms with Crippen molar-refractivity contribution in [1.82, 2.24) is 0 Å². The highest BCUT2D eigenvalue weighted by Gasteiger charge is 1.89. The molecule has 1 atom stereocenters. The Hall–Kier alpha value is -0.990. The van der Waals surface area contributed by atoms with Crippen molar-refractivity contribution in [3.05, 3.63) is 25.4 Å². The monoisotopic (exact) mass is 114 g/mol. The van der Waals surface area contributed by atoms with E-state index in [4.69, 9.17) is 0 Å². The third kappa shape index (κ3) is 3.21. The number of halogens is 1. The summed E-state index contributed by atoms with van der Waals surface area (Å²) in [4.78, 5) is 0. The van der Waals surface area contributed by atoms with Crippen LogP contribution in [0, 0.1) is 0 Å². The molecular weight excluding hydrogens is 107 g/mol. The SMILES string of the molecule is C=CN=NC(F)C=C. The molecule has 1 unspecified atom stereocenters. The van der Waals surface area contributed by atoms with Crippen molar-refractivity contribution in [3.8, 4) is 0 Å². The molecule has 0 fully saturated rings. The molecule has 0 radical (unpaired) electrons. The van der Waals surface area contributed by atoms with E-state index in [9.17, 15) is 4.39 Å². The standard InChI is InChI=1S/C5H7FN2/c1-3-5(6)8-7-4-2/h3-5H,1-2H2. The molecule has 0 bridgehead atoms. The third-order valence-electron chi connectivity index (χ3n) is 0.453. The summed E-state index contributed by atoms with van der Waals surface area (Å²) >= 11 is 0. The van der Waals surface area contributed by atoms with Gasteiger partial charge in [0.05, 0.1) is 0 Å². The number of nitrogens with zero attached hydrogens (tertiary/aromatic N) is 2. The molecule has 44 valence electrons. The van der Waals surface area contributed by atoms with Crippen LogP contribution in [0.4, 0.5) is 4.39 Å². The van der Waals surface area contributed by atoms with Crippen LogP contribution in [0.5, 0.6) is 0 Å². The van der Waals surface area contributed by atoms with Gasteiger partial charge >= 0.3 is 0 Å². The zero-order valence-corrected chi connectivity index (χ0v) is 4.42. The molecular formula is C5H7FN2. The Morgan fingerprint density at radius 3 is 2.50 bits per heavy atom. The highest BCUT2D eigenvalue weighted by molar-refractivity contribution is 4.75. The van der Waals surface area contributed by atoms with Crippen LogP contribution in [0.15, 0.2) is 35.7 Å². The molecule has 0 aliphatic heterocycles. The fourth-order valence-corrected chi connectivity index (χ4v) is 0.158. The van der Waals surface area contributed by atoms with Crippen LogP contribution in [0.3, 0.4) is 0 Å². The lowest BCUT2D eigenvalue weighted by Crippen LogP contribution is -1.83. The average Bonchev–Trinajstić information content (AvgIpc) is 1.83. The van der Waals surface area contributed by atoms with Gasteiger partial charge in [-0.2, -0.15) is 5.11 Å². The van der Waals surface area contributed by atoms with Crippen LogP contribution in [0.1, 0.15) is 0 Å². The Balaban J connectivity index is 3.50. The van der Waals surface area contributed by atoms with E-state index in [1.165, 1.54) is 0 Å². The summed E-state index contributed by atoms with van der Waals surface area (Å²) in [6.07, 6.45) is 0.816. The Kier molecular flexibility index (Phi) is 3.66. The van der Waals surface area contributed by atoms with E-state index in [-0.39, 0.29) is 0 Å². The van der Waals surface area contributed by atoms with Gasteiger partial charge < -0.3 is 0 Å². The molecule has 0 aromatic heterocycles. The fourth-order valence-electron chi connectivity index (χ4n) is 0.158. The summed E-state index contributed by atoms with van der Waals surface area (Å²) in [5.74, 6) is 0. The van der Waals surface area contributed by atoms with Crippen LogP contribution >= 0.6 is 0 Å². The second kappa shape index (κ2) is 4.18. The molecule has 0 saturated carbocycles. The van der Waals surface area contributed by atoms with Crippen LogP contribution in [0.25, 0.3) is 0 Å². The Morgan fingerprint density at radius 1 is 1.50 bits per heavy atom. The molecule has 0 heterocycles. The number of azo groups is 1. The molecule has 2 nitrogen and oxygen atoms in total. The van der Waals surface area contributed by atoms with Gasteiger partial charge in [-0.15, -0.1) is 5.11 Å². The second-order valence-corrected chi connectivity index (χ2v) is 1.02. The van der Waals surface area contributed by atoms with Gasteiger partial charge in [0.2, 0.25) is 6.30 Å². The molecule has 0 amide bonds. The van der Waals surface area contributed by atoms with E-state index in [0.29, 0.717) is 0 Å². The van der Waals surface area contributed by atoms with Crippen molar-refractivity contribution in [2.24, 2.45) is 10.2 Å². The Labute approximate surface area is 47.4 Å². The molecule has 0 aromatic carbocycles. The summed E-state index contributed by atoms with van der Waals surface area (Å²) < 4.78 is 11.9. The van der Waals surface area contributed by atoms with Crippen molar-refractivity contribution >= 4 is 0 Å². The lowest BCUT2D eigenvalue weighted by Gasteiger charge is -1.85. The molecule has 0 rings (SSSR count). The lowest BCUT2D eigenvalue weighted by atomic mass is 10.6. The molecule has 3 heteroatoms. The van der Waals surface area contributed by atoms with E-state index < -0.39 is 6.30 Å². The molecule has 0 saturated heterocycles. The van der Waals surface area contributed by atoms with E-state index in [2.05, 4.69) is 23.4 Å². The molecule has 8 heavy (non-hydrogen) atoms. The van der Waals surface area contributed by atoms with E-state index >= 15 is 0 Å². The molecule has 0 aliphatic rings. The minimum Gasteiger partial charge on any atom is -0.215 e. The predicted molar refractivity (Wildman–Crippen MR) is 30.1 cm³/mol. The summed E-state index contributed by atoms with van der Waals surface area (Å²) in [5, 5.41) is 6.27. The van der Waals surface area contributed by atoms with Gasteiger partial charge in [-0.05, 0) is 6.08 Å². The maximum absolute atomic E-state index is 11.9. The highest BCUT2D eigenvalue weighted by atomic mass is 19.1. The first-order valence-corrected chi connectivity index (χ1v) is 2.08. The Bertz CT molecular complexity index is 109. The molecule has 0 spiro atoms. The largest absolute Gasteiger partial charge is 0.228 e. The first-order valence-electron chi connectivity index (χ1n) is 2.08. The van der Waals surface area contributed by atoms with Crippen molar-refractivity contribution in [1.29, 1.82) is 0 Å². The van der Waals surface area contributed by atoms with Crippen molar-refractivity contribution in [2.75, 3.05) is 0 Å². The summed E-state index contributed by atoms with van der Waals surface area (Å²) in [5.41, 5.74) is 0. The topological polar surface area (TPSA) is 24.7 Å². The highest BCUT2D eigenvalue weighted by Crippen LogP contribution is 1.93. The number of alkyl halides is 1. The van der Waals surface area contributed by atoms with E-state index in [0.717, 1.165) is 12.3 Å². The second-order valence-electron chi connectivity index (χ2n) is 1.02. The maximum atomic E-state index is 11.9. The smallest absolute Gasteiger partial charge is 0.215 e. The summed E-state index contributed by atoms with van der Waals surface area (Å²) in [7, 11) is 0. The first-order chi connectivity index (χ1) is 3.81. The van der Waals surface area contributed by atoms with Crippen molar-refractivity contribution in [3.63, 3.8) is 0 Å². The van der Waals surface area contributed by atoms with Gasteiger partial charge in [0.25, 0.3) is 0 Å². The van der Waals surface area contributed by atoms with Crippen LogP contribution in [0.2, 0.25) is 0 Å². The van der Waals surface area contributed by atoms with Crippen molar-refractivity contribution < 1.29 is 4.39 Å². The minimum atomic E-state index is -1.40. The zero-order chi connectivity index (χ0) is 6.41. The van der Waals surface area contributed by atoms with Gasteiger partial charge in [0.15, 0.2) is 0 Å². The van der Waals surface area contributed by atoms with E-state index in [1.54, 1.807) is 0 Å². The average molecular weight is 114 g/mol. The fraction of sp³-hybridized carbons (Fsp3) is 0.200. The van der Waals surface area contributed by atoms with Gasteiger partial charge in [0, 0.05) is 6.20 Å². The number of rotatable bonds is 3. The number of hydrogen-bond acceptors (Lipinski definition) is 2. The van der Waals surface area contributed by atoms with Crippen molar-refractivity contribution in [2.45, 2.75) is 6.30 Å². The summed E-state index contributed by atoms with van der Waals surface area (Å²) in [6.45, 7) is 6.36. The molecule has 0 N–H and O–H groups in total. The third-order valence-corrected chi connectivity index (χ3v) is 0.453. The van der Waals surface area contributed by atoms with Gasteiger partial charge in [-0.25, -0.2) is 4.39 Å². The zero-order valence-electron chi connectivity index (χ0n) is 4.42. The normalized spacial score (nSPS) is 13.6. The first kappa shape index (κ1) is 7.01. The van der Waals surface area contributed by atoms with Crippen LogP contribution < -0.4 is 0 Å². The maximum Gasteiger partial charge on any atom is 0.228 e. The lowest BCUT2D eigenvalue weighted by molar-refractivity contribution is 0.401. The van der Waals surface area contributed by atoms with E-state index in [1.807, 2.05) is 0 Å². The molecule has 0 aromatic rings. The van der Waals surface area contributed by atoms with Gasteiger partial charge in [-0.1, -0.05) is 13.2 Å². The van der Waals surface area contributed by atoms with Crippen LogP contribution in [-0.4, -0.2) is 6.30 Å². The van der Waals surface area contributed by atoms with Gasteiger partial charge in [-0.3, -0.25) is 0 Å². The Morgan fingerprint density at radius 2 is 2.12 bits per heavy atom. The predicted octanol–water partition coefficient (Wildman–Crippen LogP) is 2.06. The summed E-state index contributed by atoms with van der Waals surface area (Å²) in [6, 6.07) is 0. The van der Waals surface area contributed by atoms with Crippen LogP contribution in [-0.2, 0) is 0 Å². The van der Waals surface area contributed by atoms with Gasteiger partial charge in [0.1, 0.15) is 0 Å².